The molecule has 0 aliphatic rings. The van der Waals surface area contributed by atoms with Crippen LogP contribution in [0.2, 0.25) is 0 Å². The number of rotatable bonds is 6. The lowest BCUT2D eigenvalue weighted by Gasteiger charge is -2.30. The van der Waals surface area contributed by atoms with Crippen molar-refractivity contribution in [2.45, 2.75) is 39.7 Å². The van der Waals surface area contributed by atoms with Crippen molar-refractivity contribution in [2.75, 3.05) is 11.4 Å². The summed E-state index contributed by atoms with van der Waals surface area (Å²) in [5.41, 5.74) is 2.32. The van der Waals surface area contributed by atoms with Crippen molar-refractivity contribution < 1.29 is 9.90 Å². The number of hydrogen-bond donors (Lipinski definition) is 1. The van der Waals surface area contributed by atoms with Gasteiger partial charge in [0.2, 0.25) is 0 Å². The second-order valence-electron chi connectivity index (χ2n) is 4.43. The Bertz CT molecular complexity index is 359. The van der Waals surface area contributed by atoms with Gasteiger partial charge in [0.25, 0.3) is 0 Å². The first-order valence-corrected chi connectivity index (χ1v) is 6.09. The minimum atomic E-state index is -0.745. The molecule has 0 heterocycles. The van der Waals surface area contributed by atoms with Crippen LogP contribution in [0.5, 0.6) is 0 Å². The van der Waals surface area contributed by atoms with Crippen LogP contribution in [0.1, 0.15) is 32.3 Å². The molecule has 1 aromatic rings. The van der Waals surface area contributed by atoms with Crippen LogP contribution in [-0.2, 0) is 4.79 Å². The predicted octanol–water partition coefficient (Wildman–Crippen LogP) is 3.07. The zero-order valence-electron chi connectivity index (χ0n) is 10.8. The molecule has 1 unspecified atom stereocenters. The van der Waals surface area contributed by atoms with Crippen molar-refractivity contribution in [1.82, 2.24) is 0 Å². The number of benzene rings is 1. The lowest BCUT2D eigenvalue weighted by molar-refractivity contribution is -0.136. The molecule has 0 aliphatic carbocycles. The Morgan fingerprint density at radius 3 is 2.41 bits per heavy atom. The molecule has 0 radical (unpaired) electrons. The first kappa shape index (κ1) is 13.6. The maximum Gasteiger partial charge on any atom is 0.305 e. The van der Waals surface area contributed by atoms with Gasteiger partial charge in [0.1, 0.15) is 0 Å². The van der Waals surface area contributed by atoms with Gasteiger partial charge in [-0.1, -0.05) is 24.6 Å². The van der Waals surface area contributed by atoms with Crippen molar-refractivity contribution in [3.8, 4) is 0 Å². The minimum absolute atomic E-state index is 0.179. The van der Waals surface area contributed by atoms with Crippen molar-refractivity contribution in [1.29, 1.82) is 0 Å². The van der Waals surface area contributed by atoms with E-state index in [0.717, 1.165) is 12.1 Å². The van der Waals surface area contributed by atoms with Gasteiger partial charge in [0.05, 0.1) is 6.42 Å². The summed E-state index contributed by atoms with van der Waals surface area (Å²) in [6.45, 7) is 6.86. The number of aliphatic carboxylic acids is 1. The molecule has 0 bridgehead atoms. The maximum absolute atomic E-state index is 10.7. The molecule has 0 spiro atoms. The SMILES string of the molecule is CCC(C)N(CCC(=O)O)c1ccc(C)cc1. The van der Waals surface area contributed by atoms with E-state index >= 15 is 0 Å². The monoisotopic (exact) mass is 235 g/mol. The third-order valence-corrected chi connectivity index (χ3v) is 3.06. The first-order valence-electron chi connectivity index (χ1n) is 6.09. The zero-order chi connectivity index (χ0) is 12.8. The van der Waals surface area contributed by atoms with Crippen molar-refractivity contribution >= 4 is 11.7 Å². The summed E-state index contributed by atoms with van der Waals surface area (Å²) >= 11 is 0. The van der Waals surface area contributed by atoms with Gasteiger partial charge in [-0.25, -0.2) is 0 Å². The average Bonchev–Trinajstić information content (AvgIpc) is 2.30. The Labute approximate surface area is 103 Å². The van der Waals surface area contributed by atoms with E-state index in [9.17, 15) is 4.79 Å². The van der Waals surface area contributed by atoms with Crippen LogP contribution in [0.3, 0.4) is 0 Å². The maximum atomic E-state index is 10.7. The van der Waals surface area contributed by atoms with Crippen LogP contribution < -0.4 is 4.90 Å². The van der Waals surface area contributed by atoms with Crippen molar-refractivity contribution in [3.05, 3.63) is 29.8 Å². The number of aryl methyl sites for hydroxylation is 1. The molecule has 3 nitrogen and oxygen atoms in total. The Morgan fingerprint density at radius 1 is 1.35 bits per heavy atom. The van der Waals surface area contributed by atoms with E-state index in [0.29, 0.717) is 12.6 Å². The number of carbonyl (C=O) groups is 1. The van der Waals surface area contributed by atoms with E-state index in [1.807, 2.05) is 0 Å². The average molecular weight is 235 g/mol. The summed E-state index contributed by atoms with van der Waals surface area (Å²) in [5, 5.41) is 8.78. The molecular formula is C14H21NO2. The van der Waals surface area contributed by atoms with Gasteiger partial charge in [0, 0.05) is 18.3 Å². The Balaban J connectivity index is 2.81. The van der Waals surface area contributed by atoms with Gasteiger partial charge >= 0.3 is 5.97 Å². The second-order valence-corrected chi connectivity index (χ2v) is 4.43. The number of carboxylic acid groups (broad SMARTS) is 1. The standard InChI is InChI=1S/C14H21NO2/c1-4-12(3)15(10-9-14(16)17)13-7-5-11(2)6-8-13/h5-8,12H,4,9-10H2,1-3H3,(H,16,17). The van der Waals surface area contributed by atoms with Crippen LogP contribution in [0.4, 0.5) is 5.69 Å². The topological polar surface area (TPSA) is 40.5 Å². The summed E-state index contributed by atoms with van der Waals surface area (Å²) in [4.78, 5) is 12.8. The van der Waals surface area contributed by atoms with Gasteiger partial charge in [-0.15, -0.1) is 0 Å². The van der Waals surface area contributed by atoms with Gasteiger partial charge in [-0.2, -0.15) is 0 Å². The molecule has 3 heteroatoms. The Kier molecular flexibility index (Phi) is 5.01. The summed E-state index contributed by atoms with van der Waals surface area (Å²) in [7, 11) is 0. The number of hydrogen-bond acceptors (Lipinski definition) is 2. The van der Waals surface area contributed by atoms with Crippen molar-refractivity contribution in [2.24, 2.45) is 0 Å². The van der Waals surface area contributed by atoms with Gasteiger partial charge in [-0.3, -0.25) is 4.79 Å². The molecule has 1 rings (SSSR count). The van der Waals surface area contributed by atoms with Crippen LogP contribution in [0.15, 0.2) is 24.3 Å². The van der Waals surface area contributed by atoms with Gasteiger partial charge in [0.15, 0.2) is 0 Å². The van der Waals surface area contributed by atoms with Crippen LogP contribution in [-0.4, -0.2) is 23.7 Å². The third-order valence-electron chi connectivity index (χ3n) is 3.06. The van der Waals surface area contributed by atoms with E-state index < -0.39 is 5.97 Å². The Hall–Kier alpha value is -1.51. The van der Waals surface area contributed by atoms with E-state index in [4.69, 9.17) is 5.11 Å². The lowest BCUT2D eigenvalue weighted by atomic mass is 10.1. The summed E-state index contributed by atoms with van der Waals surface area (Å²) in [6.07, 6.45) is 1.19. The number of carboxylic acids is 1. The number of anilines is 1. The largest absolute Gasteiger partial charge is 0.481 e. The van der Waals surface area contributed by atoms with E-state index in [1.54, 1.807) is 0 Å². The summed E-state index contributed by atoms with van der Waals surface area (Å²) in [5.74, 6) is -0.745. The number of nitrogens with zero attached hydrogens (tertiary/aromatic N) is 1. The molecular weight excluding hydrogens is 214 g/mol. The molecule has 0 aliphatic heterocycles. The molecule has 1 N–H and O–H groups in total. The fourth-order valence-corrected chi connectivity index (χ4v) is 1.78. The van der Waals surface area contributed by atoms with Crippen molar-refractivity contribution in [3.63, 3.8) is 0 Å². The second kappa shape index (κ2) is 6.28. The predicted molar refractivity (Wildman–Crippen MR) is 70.5 cm³/mol. The molecule has 0 aromatic heterocycles. The quantitative estimate of drug-likeness (QED) is 0.823. The van der Waals surface area contributed by atoms with Crippen LogP contribution >= 0.6 is 0 Å². The van der Waals surface area contributed by atoms with E-state index in [2.05, 4.69) is 49.9 Å². The normalized spacial score (nSPS) is 12.2. The van der Waals surface area contributed by atoms with Gasteiger partial charge in [-0.05, 0) is 32.4 Å². The lowest BCUT2D eigenvalue weighted by Crippen LogP contribution is -2.34. The molecule has 0 amide bonds. The molecule has 0 saturated heterocycles. The van der Waals surface area contributed by atoms with E-state index in [1.165, 1.54) is 5.56 Å². The fraction of sp³-hybridized carbons (Fsp3) is 0.500. The fourth-order valence-electron chi connectivity index (χ4n) is 1.78. The summed E-state index contributed by atoms with van der Waals surface area (Å²) < 4.78 is 0. The van der Waals surface area contributed by atoms with Gasteiger partial charge < -0.3 is 10.0 Å². The third kappa shape index (κ3) is 4.10. The molecule has 1 aromatic carbocycles. The highest BCUT2D eigenvalue weighted by atomic mass is 16.4. The van der Waals surface area contributed by atoms with Crippen LogP contribution in [0, 0.1) is 6.92 Å². The molecule has 0 fully saturated rings. The minimum Gasteiger partial charge on any atom is -0.481 e. The van der Waals surface area contributed by atoms with E-state index in [-0.39, 0.29) is 6.42 Å². The Morgan fingerprint density at radius 2 is 1.94 bits per heavy atom. The van der Waals surface area contributed by atoms with Crippen LogP contribution in [0.25, 0.3) is 0 Å². The summed E-state index contributed by atoms with van der Waals surface area (Å²) in [6, 6.07) is 8.60. The molecule has 94 valence electrons. The molecule has 0 saturated carbocycles. The smallest absolute Gasteiger partial charge is 0.305 e. The highest BCUT2D eigenvalue weighted by Gasteiger charge is 2.13. The first-order chi connectivity index (χ1) is 8.04. The highest BCUT2D eigenvalue weighted by Crippen LogP contribution is 2.19. The molecule has 1 atom stereocenters. The highest BCUT2D eigenvalue weighted by molar-refractivity contribution is 5.67. The molecule has 17 heavy (non-hydrogen) atoms. The zero-order valence-corrected chi connectivity index (χ0v) is 10.8.